The van der Waals surface area contributed by atoms with Crippen LogP contribution in [0.1, 0.15) is 17.3 Å². The number of nitrogens with one attached hydrogen (secondary N) is 1. The van der Waals surface area contributed by atoms with Gasteiger partial charge in [-0.2, -0.15) is 0 Å². The number of esters is 1. The Labute approximate surface area is 143 Å². The quantitative estimate of drug-likeness (QED) is 0.835. The van der Waals surface area contributed by atoms with Gasteiger partial charge in [0.05, 0.1) is 12.7 Å². The first kappa shape index (κ1) is 17.7. The number of benzene rings is 2. The summed E-state index contributed by atoms with van der Waals surface area (Å²) in [7, 11) is 1.38. The fourth-order valence-corrected chi connectivity index (χ4v) is 1.97. The first-order valence-corrected chi connectivity index (χ1v) is 7.39. The van der Waals surface area contributed by atoms with Crippen molar-refractivity contribution in [3.8, 4) is 5.75 Å². The van der Waals surface area contributed by atoms with Gasteiger partial charge in [-0.1, -0.05) is 11.6 Å². The van der Waals surface area contributed by atoms with Gasteiger partial charge in [-0.05, 0) is 43.3 Å². The van der Waals surface area contributed by atoms with E-state index in [2.05, 4.69) is 5.32 Å². The summed E-state index contributed by atoms with van der Waals surface area (Å²) in [5.41, 5.74) is 0.227. The summed E-state index contributed by atoms with van der Waals surface area (Å²) in [4.78, 5) is 24.0. The fourth-order valence-electron chi connectivity index (χ4n) is 1.84. The predicted molar refractivity (Wildman–Crippen MR) is 87.9 cm³/mol. The zero-order valence-corrected chi connectivity index (χ0v) is 13.8. The number of carbonyl (C=O) groups excluding carboxylic acids is 2. The lowest BCUT2D eigenvalue weighted by atomic mass is 10.2. The van der Waals surface area contributed by atoms with E-state index in [1.54, 1.807) is 24.3 Å². The number of rotatable bonds is 5. The molecule has 0 aliphatic carbocycles. The molecule has 5 nitrogen and oxygen atoms in total. The lowest BCUT2D eigenvalue weighted by molar-refractivity contribution is -0.123. The Morgan fingerprint density at radius 1 is 1.17 bits per heavy atom. The summed E-state index contributed by atoms with van der Waals surface area (Å²) in [6.07, 6.45) is -1.10. The van der Waals surface area contributed by atoms with Crippen molar-refractivity contribution in [3.63, 3.8) is 0 Å². The molecule has 2 aromatic carbocycles. The first-order chi connectivity index (χ1) is 11.4. The summed E-state index contributed by atoms with van der Waals surface area (Å²) in [5, 5.41) is 3.10. The SMILES string of the molecule is COc1ccc(C(=O)O[C@@H](C)C(=O)Nc2ccc(Cl)cc2)c(F)c1. The van der Waals surface area contributed by atoms with E-state index in [1.807, 2.05) is 0 Å². The van der Waals surface area contributed by atoms with Crippen molar-refractivity contribution in [3.05, 3.63) is 58.9 Å². The minimum atomic E-state index is -1.10. The average Bonchev–Trinajstić information content (AvgIpc) is 2.56. The highest BCUT2D eigenvalue weighted by Crippen LogP contribution is 2.18. The highest BCUT2D eigenvalue weighted by Gasteiger charge is 2.21. The van der Waals surface area contributed by atoms with Crippen molar-refractivity contribution in [2.75, 3.05) is 12.4 Å². The van der Waals surface area contributed by atoms with Gasteiger partial charge in [0.1, 0.15) is 11.6 Å². The second-order valence-corrected chi connectivity index (χ2v) is 5.33. The van der Waals surface area contributed by atoms with Crippen LogP contribution in [0.2, 0.25) is 5.02 Å². The Morgan fingerprint density at radius 2 is 1.83 bits per heavy atom. The number of carbonyl (C=O) groups is 2. The second-order valence-electron chi connectivity index (χ2n) is 4.89. The van der Waals surface area contributed by atoms with Crippen LogP contribution in [-0.4, -0.2) is 25.1 Å². The molecule has 2 aromatic rings. The van der Waals surface area contributed by atoms with E-state index in [4.69, 9.17) is 21.1 Å². The van der Waals surface area contributed by atoms with Gasteiger partial charge in [-0.15, -0.1) is 0 Å². The molecule has 0 heterocycles. The Hall–Kier alpha value is -2.60. The maximum absolute atomic E-state index is 13.8. The van der Waals surface area contributed by atoms with Crippen LogP contribution in [0.25, 0.3) is 0 Å². The number of methoxy groups -OCH3 is 1. The average molecular weight is 352 g/mol. The van der Waals surface area contributed by atoms with Crippen molar-refractivity contribution >= 4 is 29.2 Å². The molecule has 2 rings (SSSR count). The molecule has 7 heteroatoms. The van der Waals surface area contributed by atoms with E-state index in [1.165, 1.54) is 26.2 Å². The molecule has 0 saturated heterocycles. The molecule has 0 radical (unpaired) electrons. The van der Waals surface area contributed by atoms with Crippen molar-refractivity contribution in [2.24, 2.45) is 0 Å². The topological polar surface area (TPSA) is 64.6 Å². The van der Waals surface area contributed by atoms with E-state index in [9.17, 15) is 14.0 Å². The van der Waals surface area contributed by atoms with Crippen LogP contribution in [0.3, 0.4) is 0 Å². The van der Waals surface area contributed by atoms with Crippen LogP contribution in [0, 0.1) is 5.82 Å². The molecule has 0 saturated carbocycles. The summed E-state index contributed by atoms with van der Waals surface area (Å²) < 4.78 is 23.7. The molecule has 0 fully saturated rings. The minimum absolute atomic E-state index is 0.276. The predicted octanol–water partition coefficient (Wildman–Crippen LogP) is 3.67. The first-order valence-electron chi connectivity index (χ1n) is 7.01. The Bertz CT molecular complexity index is 749. The largest absolute Gasteiger partial charge is 0.497 e. The lowest BCUT2D eigenvalue weighted by Gasteiger charge is -2.14. The smallest absolute Gasteiger partial charge is 0.341 e. The molecule has 1 atom stereocenters. The monoisotopic (exact) mass is 351 g/mol. The maximum Gasteiger partial charge on any atom is 0.341 e. The summed E-state index contributed by atoms with van der Waals surface area (Å²) in [5.74, 6) is -1.99. The van der Waals surface area contributed by atoms with Crippen molar-refractivity contribution in [2.45, 2.75) is 13.0 Å². The molecule has 0 aliphatic rings. The number of hydrogen-bond acceptors (Lipinski definition) is 4. The number of amides is 1. The molecule has 0 spiro atoms. The van der Waals surface area contributed by atoms with Crippen molar-refractivity contribution in [1.29, 1.82) is 0 Å². The van der Waals surface area contributed by atoms with Crippen LogP contribution >= 0.6 is 11.6 Å². The Morgan fingerprint density at radius 3 is 2.42 bits per heavy atom. The Kier molecular flexibility index (Phi) is 5.76. The van der Waals surface area contributed by atoms with Gasteiger partial charge in [0.15, 0.2) is 6.10 Å². The van der Waals surface area contributed by atoms with Gasteiger partial charge in [0.2, 0.25) is 0 Å². The molecular weight excluding hydrogens is 337 g/mol. The van der Waals surface area contributed by atoms with Gasteiger partial charge < -0.3 is 14.8 Å². The molecule has 1 amide bonds. The standard InChI is InChI=1S/C17H15ClFNO4/c1-10(16(21)20-12-5-3-11(18)4-6-12)24-17(22)14-8-7-13(23-2)9-15(14)19/h3-10H,1-2H3,(H,20,21)/t10-/m0/s1. The molecular formula is C17H15ClFNO4. The van der Waals surface area contributed by atoms with Gasteiger partial charge in [-0.3, -0.25) is 4.79 Å². The third-order valence-electron chi connectivity index (χ3n) is 3.16. The number of halogens is 2. The molecule has 126 valence electrons. The zero-order valence-electron chi connectivity index (χ0n) is 13.0. The molecule has 24 heavy (non-hydrogen) atoms. The van der Waals surface area contributed by atoms with E-state index in [-0.39, 0.29) is 11.3 Å². The number of ether oxygens (including phenoxy) is 2. The zero-order chi connectivity index (χ0) is 17.7. The Balaban J connectivity index is 2.00. The number of anilines is 1. The van der Waals surface area contributed by atoms with E-state index in [0.29, 0.717) is 10.7 Å². The van der Waals surface area contributed by atoms with E-state index in [0.717, 1.165) is 6.07 Å². The van der Waals surface area contributed by atoms with Crippen LogP contribution < -0.4 is 10.1 Å². The highest BCUT2D eigenvalue weighted by atomic mass is 35.5. The minimum Gasteiger partial charge on any atom is -0.497 e. The molecule has 0 bridgehead atoms. The summed E-state index contributed by atoms with van der Waals surface area (Å²) in [6.45, 7) is 1.39. The van der Waals surface area contributed by atoms with E-state index >= 15 is 0 Å². The van der Waals surface area contributed by atoms with E-state index < -0.39 is 23.8 Å². The van der Waals surface area contributed by atoms with Crippen molar-refractivity contribution in [1.82, 2.24) is 0 Å². The van der Waals surface area contributed by atoms with Gasteiger partial charge in [-0.25, -0.2) is 9.18 Å². The third-order valence-corrected chi connectivity index (χ3v) is 3.41. The maximum atomic E-state index is 13.8. The van der Waals surface area contributed by atoms with Gasteiger partial charge >= 0.3 is 5.97 Å². The second kappa shape index (κ2) is 7.79. The molecule has 0 unspecified atom stereocenters. The molecule has 1 N–H and O–H groups in total. The normalized spacial score (nSPS) is 11.5. The third kappa shape index (κ3) is 4.45. The fraction of sp³-hybridized carbons (Fsp3) is 0.176. The summed E-state index contributed by atoms with van der Waals surface area (Å²) in [6, 6.07) is 10.2. The van der Waals surface area contributed by atoms with Crippen molar-refractivity contribution < 1.29 is 23.5 Å². The van der Waals surface area contributed by atoms with Gasteiger partial charge in [0.25, 0.3) is 5.91 Å². The number of hydrogen-bond donors (Lipinski definition) is 1. The summed E-state index contributed by atoms with van der Waals surface area (Å²) >= 11 is 5.76. The van der Waals surface area contributed by atoms with Crippen LogP contribution in [0.15, 0.2) is 42.5 Å². The van der Waals surface area contributed by atoms with Crippen LogP contribution in [0.5, 0.6) is 5.75 Å². The van der Waals surface area contributed by atoms with Crippen LogP contribution in [-0.2, 0) is 9.53 Å². The molecule has 0 aliphatic heterocycles. The van der Waals surface area contributed by atoms with Crippen LogP contribution in [0.4, 0.5) is 10.1 Å². The molecule has 0 aromatic heterocycles. The van der Waals surface area contributed by atoms with Gasteiger partial charge in [0, 0.05) is 16.8 Å². The highest BCUT2D eigenvalue weighted by molar-refractivity contribution is 6.30. The lowest BCUT2D eigenvalue weighted by Crippen LogP contribution is -2.30.